The van der Waals surface area contributed by atoms with Crippen LogP contribution in [-0.4, -0.2) is 49.9 Å². The Kier molecular flexibility index (Phi) is 5.70. The molecule has 1 aliphatic rings. The van der Waals surface area contributed by atoms with Crippen LogP contribution in [0, 0.1) is 0 Å². The Morgan fingerprint density at radius 2 is 1.76 bits per heavy atom. The first-order chi connectivity index (χ1) is 10.1. The smallest absolute Gasteiger partial charge is 0.200 e. The van der Waals surface area contributed by atoms with Gasteiger partial charge in [-0.25, -0.2) is 0 Å². The van der Waals surface area contributed by atoms with Crippen LogP contribution in [0.2, 0.25) is 0 Å². The molecule has 1 saturated heterocycles. The molecule has 5 heteroatoms. The molecule has 0 bridgehead atoms. The summed E-state index contributed by atoms with van der Waals surface area (Å²) < 4.78 is 10.4. The van der Waals surface area contributed by atoms with Crippen molar-refractivity contribution >= 4 is 0 Å². The number of ether oxygens (including phenoxy) is 2. The maximum absolute atomic E-state index is 9.90. The largest absolute Gasteiger partial charge is 0.502 e. The number of likely N-dealkylation sites (tertiary alicyclic amines) is 1. The van der Waals surface area contributed by atoms with Gasteiger partial charge >= 0.3 is 0 Å². The summed E-state index contributed by atoms with van der Waals surface area (Å²) >= 11 is 0. The van der Waals surface area contributed by atoms with E-state index in [1.165, 1.54) is 25.9 Å². The van der Waals surface area contributed by atoms with Crippen molar-refractivity contribution in [2.24, 2.45) is 0 Å². The van der Waals surface area contributed by atoms with Crippen molar-refractivity contribution in [3.63, 3.8) is 0 Å². The van der Waals surface area contributed by atoms with Gasteiger partial charge in [-0.3, -0.25) is 0 Å². The highest BCUT2D eigenvalue weighted by atomic mass is 16.5. The van der Waals surface area contributed by atoms with E-state index in [1.54, 1.807) is 14.2 Å². The topological polar surface area (TPSA) is 54.0 Å². The van der Waals surface area contributed by atoms with Gasteiger partial charge < -0.3 is 24.8 Å². The van der Waals surface area contributed by atoms with Crippen LogP contribution in [0.1, 0.15) is 25.3 Å². The Morgan fingerprint density at radius 3 is 2.29 bits per heavy atom. The molecule has 1 atom stereocenters. The molecule has 1 aliphatic heterocycles. The van der Waals surface area contributed by atoms with Gasteiger partial charge in [-0.2, -0.15) is 0 Å². The lowest BCUT2D eigenvalue weighted by molar-refractivity contribution is 0.298. The highest BCUT2D eigenvalue weighted by molar-refractivity contribution is 5.52. The predicted molar refractivity (Wildman–Crippen MR) is 83.2 cm³/mol. The third kappa shape index (κ3) is 4.25. The molecule has 1 aromatic carbocycles. The lowest BCUT2D eigenvalue weighted by Crippen LogP contribution is -2.37. The van der Waals surface area contributed by atoms with Crippen LogP contribution in [0.25, 0.3) is 0 Å². The molecule has 0 aromatic heterocycles. The molecule has 2 N–H and O–H groups in total. The molecule has 0 radical (unpaired) electrons. The zero-order chi connectivity index (χ0) is 15.2. The number of rotatable bonds is 7. The molecular weight excluding hydrogens is 268 g/mol. The number of benzene rings is 1. The number of aromatic hydroxyl groups is 1. The van der Waals surface area contributed by atoms with Crippen LogP contribution in [0.3, 0.4) is 0 Å². The summed E-state index contributed by atoms with van der Waals surface area (Å²) in [6.07, 6.45) is 2.64. The van der Waals surface area contributed by atoms with E-state index in [1.807, 2.05) is 12.1 Å². The van der Waals surface area contributed by atoms with Gasteiger partial charge in [0.25, 0.3) is 0 Å². The number of phenolic OH excluding ortho intramolecular Hbond substituents is 1. The van der Waals surface area contributed by atoms with Gasteiger partial charge in [0, 0.05) is 19.1 Å². The van der Waals surface area contributed by atoms with Crippen LogP contribution in [-0.2, 0) is 6.54 Å². The molecule has 21 heavy (non-hydrogen) atoms. The fourth-order valence-electron chi connectivity index (χ4n) is 2.76. The Balaban J connectivity index is 1.92. The summed E-state index contributed by atoms with van der Waals surface area (Å²) in [6, 6.07) is 4.11. The minimum Gasteiger partial charge on any atom is -0.502 e. The molecular formula is C16H26N2O3. The van der Waals surface area contributed by atoms with Gasteiger partial charge in [-0.15, -0.1) is 0 Å². The Labute approximate surface area is 126 Å². The summed E-state index contributed by atoms with van der Waals surface area (Å²) in [5.41, 5.74) is 1.04. The molecule has 2 rings (SSSR count). The van der Waals surface area contributed by atoms with Crippen molar-refractivity contribution in [1.29, 1.82) is 0 Å². The lowest BCUT2D eigenvalue weighted by Gasteiger charge is -2.21. The molecule has 5 nitrogen and oxygen atoms in total. The van der Waals surface area contributed by atoms with Gasteiger partial charge in [0.2, 0.25) is 5.75 Å². The van der Waals surface area contributed by atoms with Crippen LogP contribution in [0.4, 0.5) is 0 Å². The van der Waals surface area contributed by atoms with E-state index < -0.39 is 0 Å². The molecule has 118 valence electrons. The summed E-state index contributed by atoms with van der Waals surface area (Å²) in [4.78, 5) is 2.50. The maximum Gasteiger partial charge on any atom is 0.200 e. The highest BCUT2D eigenvalue weighted by Gasteiger charge is 2.15. The van der Waals surface area contributed by atoms with E-state index >= 15 is 0 Å². The monoisotopic (exact) mass is 294 g/mol. The van der Waals surface area contributed by atoms with E-state index in [0.29, 0.717) is 17.5 Å². The van der Waals surface area contributed by atoms with Crippen LogP contribution < -0.4 is 14.8 Å². The summed E-state index contributed by atoms with van der Waals surface area (Å²) in [7, 11) is 3.09. The molecule has 1 heterocycles. The first kappa shape index (κ1) is 15.9. The minimum atomic E-state index is 0.0499. The Hall–Kier alpha value is -1.46. The summed E-state index contributed by atoms with van der Waals surface area (Å²) in [5.74, 6) is 0.936. The third-order valence-electron chi connectivity index (χ3n) is 3.92. The highest BCUT2D eigenvalue weighted by Crippen LogP contribution is 2.37. The Morgan fingerprint density at radius 1 is 1.19 bits per heavy atom. The van der Waals surface area contributed by atoms with Crippen LogP contribution >= 0.6 is 0 Å². The second-order valence-corrected chi connectivity index (χ2v) is 5.64. The average Bonchev–Trinajstić information content (AvgIpc) is 2.99. The summed E-state index contributed by atoms with van der Waals surface area (Å²) in [6.45, 7) is 6.43. The molecule has 1 aromatic rings. The van der Waals surface area contributed by atoms with Gasteiger partial charge in [-0.05, 0) is 50.6 Å². The predicted octanol–water partition coefficient (Wildman–Crippen LogP) is 1.98. The maximum atomic E-state index is 9.90. The summed E-state index contributed by atoms with van der Waals surface area (Å²) in [5, 5.41) is 13.4. The number of hydrogen-bond donors (Lipinski definition) is 2. The lowest BCUT2D eigenvalue weighted by atomic mass is 10.1. The van der Waals surface area contributed by atoms with Crippen molar-refractivity contribution in [3.05, 3.63) is 17.7 Å². The first-order valence-corrected chi connectivity index (χ1v) is 7.53. The molecule has 0 amide bonds. The minimum absolute atomic E-state index is 0.0499. The van der Waals surface area contributed by atoms with Gasteiger partial charge in [0.05, 0.1) is 14.2 Å². The normalized spacial score (nSPS) is 16.9. The molecule has 0 aliphatic carbocycles. The fraction of sp³-hybridized carbons (Fsp3) is 0.625. The number of methoxy groups -OCH3 is 2. The van der Waals surface area contributed by atoms with E-state index in [-0.39, 0.29) is 5.75 Å². The SMILES string of the molecule is COc1cc(CNC(C)CN2CCCC2)cc(OC)c1O. The second-order valence-electron chi connectivity index (χ2n) is 5.64. The number of nitrogens with zero attached hydrogens (tertiary/aromatic N) is 1. The molecule has 1 fully saturated rings. The quantitative estimate of drug-likeness (QED) is 0.805. The van der Waals surface area contributed by atoms with E-state index in [4.69, 9.17) is 9.47 Å². The van der Waals surface area contributed by atoms with E-state index in [0.717, 1.165) is 18.7 Å². The number of nitrogens with one attached hydrogen (secondary N) is 1. The van der Waals surface area contributed by atoms with E-state index in [9.17, 15) is 5.11 Å². The van der Waals surface area contributed by atoms with Gasteiger partial charge in [0.15, 0.2) is 11.5 Å². The van der Waals surface area contributed by atoms with Crippen molar-refractivity contribution < 1.29 is 14.6 Å². The van der Waals surface area contributed by atoms with Crippen LogP contribution in [0.15, 0.2) is 12.1 Å². The zero-order valence-corrected chi connectivity index (χ0v) is 13.2. The molecule has 1 unspecified atom stereocenters. The number of phenols is 1. The third-order valence-corrected chi connectivity index (χ3v) is 3.92. The van der Waals surface area contributed by atoms with Crippen molar-refractivity contribution in [2.75, 3.05) is 33.9 Å². The van der Waals surface area contributed by atoms with E-state index in [2.05, 4.69) is 17.1 Å². The molecule has 0 saturated carbocycles. The second kappa shape index (κ2) is 7.52. The first-order valence-electron chi connectivity index (χ1n) is 7.53. The number of hydrogen-bond acceptors (Lipinski definition) is 5. The van der Waals surface area contributed by atoms with Gasteiger partial charge in [-0.1, -0.05) is 0 Å². The van der Waals surface area contributed by atoms with Crippen molar-refractivity contribution in [1.82, 2.24) is 10.2 Å². The van der Waals surface area contributed by atoms with Gasteiger partial charge in [0.1, 0.15) is 0 Å². The Bertz CT molecular complexity index is 434. The zero-order valence-electron chi connectivity index (χ0n) is 13.2. The fourth-order valence-corrected chi connectivity index (χ4v) is 2.76. The standard InChI is InChI=1S/C16H26N2O3/c1-12(11-18-6-4-5-7-18)17-10-13-8-14(20-2)16(19)15(9-13)21-3/h8-9,12,17,19H,4-7,10-11H2,1-3H3. The van der Waals surface area contributed by atoms with Crippen molar-refractivity contribution in [2.45, 2.75) is 32.4 Å². The molecule has 0 spiro atoms. The van der Waals surface area contributed by atoms with Crippen LogP contribution in [0.5, 0.6) is 17.2 Å². The van der Waals surface area contributed by atoms with Crippen molar-refractivity contribution in [3.8, 4) is 17.2 Å². The average molecular weight is 294 g/mol.